The summed E-state index contributed by atoms with van der Waals surface area (Å²) in [7, 11) is 0. The van der Waals surface area contributed by atoms with Crippen LogP contribution in [0.4, 0.5) is 16.0 Å². The number of halogens is 1. The number of anilines is 2. The maximum atomic E-state index is 13.4. The molecule has 8 heteroatoms. The summed E-state index contributed by atoms with van der Waals surface area (Å²) in [6.45, 7) is 3.15. The molecule has 0 spiro atoms. The molecule has 0 radical (unpaired) electrons. The van der Waals surface area contributed by atoms with Gasteiger partial charge in [0.1, 0.15) is 10.5 Å². The van der Waals surface area contributed by atoms with Crippen molar-refractivity contribution >= 4 is 39.1 Å². The molecule has 1 fully saturated rings. The summed E-state index contributed by atoms with van der Waals surface area (Å²) in [4.78, 5) is 33.2. The van der Waals surface area contributed by atoms with E-state index in [9.17, 15) is 14.0 Å². The van der Waals surface area contributed by atoms with Gasteiger partial charge in [-0.25, -0.2) is 13.9 Å². The lowest BCUT2D eigenvalue weighted by Crippen LogP contribution is -2.43. The molecule has 1 N–H and O–H groups in total. The Hall–Kier alpha value is -3.52. The van der Waals surface area contributed by atoms with Gasteiger partial charge >= 0.3 is 0 Å². The maximum Gasteiger partial charge on any atom is 0.277 e. The van der Waals surface area contributed by atoms with Gasteiger partial charge in [0.25, 0.3) is 5.56 Å². The number of aromatic nitrogens is 2. The number of nitrogens with one attached hydrogen (secondary N) is 1. The summed E-state index contributed by atoms with van der Waals surface area (Å²) in [6, 6.07) is 15.4. The average molecular weight is 463 g/mol. The van der Waals surface area contributed by atoms with Crippen molar-refractivity contribution in [3.63, 3.8) is 0 Å². The van der Waals surface area contributed by atoms with Crippen LogP contribution in [0.3, 0.4) is 0 Å². The Morgan fingerprint density at radius 1 is 1.12 bits per heavy atom. The Bertz CT molecular complexity index is 1360. The van der Waals surface area contributed by atoms with E-state index in [1.807, 2.05) is 47.5 Å². The van der Waals surface area contributed by atoms with E-state index in [0.717, 1.165) is 24.1 Å². The summed E-state index contributed by atoms with van der Waals surface area (Å²) in [5.41, 5.74) is 2.98. The smallest absolute Gasteiger partial charge is 0.277 e. The molecule has 168 valence electrons. The SMILES string of the molecule is Cc1ccc(-n2c(N3CCC[C@H](C(=O)Nc4ccc(F)cc4)C3)nc3ccsc3c2=O)cc1. The van der Waals surface area contributed by atoms with Gasteiger partial charge in [0, 0.05) is 18.8 Å². The average Bonchev–Trinajstić information content (AvgIpc) is 3.31. The van der Waals surface area contributed by atoms with E-state index in [2.05, 4.69) is 5.32 Å². The van der Waals surface area contributed by atoms with E-state index >= 15 is 0 Å². The highest BCUT2D eigenvalue weighted by Gasteiger charge is 2.29. The first kappa shape index (κ1) is 21.3. The molecule has 0 aliphatic carbocycles. The minimum atomic E-state index is -0.346. The summed E-state index contributed by atoms with van der Waals surface area (Å²) >= 11 is 1.38. The largest absolute Gasteiger partial charge is 0.341 e. The topological polar surface area (TPSA) is 67.2 Å². The van der Waals surface area contributed by atoms with Gasteiger partial charge in [-0.3, -0.25) is 9.59 Å². The molecule has 0 bridgehead atoms. The highest BCUT2D eigenvalue weighted by Crippen LogP contribution is 2.27. The minimum Gasteiger partial charge on any atom is -0.341 e. The second kappa shape index (κ2) is 8.78. The Balaban J connectivity index is 1.48. The molecule has 1 aliphatic heterocycles. The molecule has 1 amide bonds. The van der Waals surface area contributed by atoms with Crippen LogP contribution in [-0.2, 0) is 4.79 Å². The minimum absolute atomic E-state index is 0.105. The van der Waals surface area contributed by atoms with Crippen LogP contribution < -0.4 is 15.8 Å². The Labute approximate surface area is 194 Å². The van der Waals surface area contributed by atoms with Crippen molar-refractivity contribution in [3.05, 3.63) is 81.7 Å². The van der Waals surface area contributed by atoms with Gasteiger partial charge in [-0.1, -0.05) is 17.7 Å². The van der Waals surface area contributed by atoms with Crippen molar-refractivity contribution in [2.75, 3.05) is 23.3 Å². The second-order valence-corrected chi connectivity index (χ2v) is 9.22. The third-order valence-electron chi connectivity index (χ3n) is 5.94. The lowest BCUT2D eigenvalue weighted by Gasteiger charge is -2.34. The van der Waals surface area contributed by atoms with E-state index in [4.69, 9.17) is 4.98 Å². The third-order valence-corrected chi connectivity index (χ3v) is 6.83. The zero-order valence-corrected chi connectivity index (χ0v) is 18.9. The van der Waals surface area contributed by atoms with Crippen LogP contribution >= 0.6 is 11.3 Å². The van der Waals surface area contributed by atoms with Crippen molar-refractivity contribution in [1.82, 2.24) is 9.55 Å². The standard InChI is InChI=1S/C25H23FN4O2S/c1-16-4-10-20(11-5-16)30-24(32)22-21(12-14-33-22)28-25(30)29-13-2-3-17(15-29)23(31)27-19-8-6-18(26)7-9-19/h4-12,14,17H,2-3,13,15H2,1H3,(H,27,31)/t17-/m0/s1. The molecule has 3 heterocycles. The summed E-state index contributed by atoms with van der Waals surface area (Å²) in [6.07, 6.45) is 1.53. The van der Waals surface area contributed by atoms with Gasteiger partial charge in [-0.2, -0.15) is 0 Å². The summed E-state index contributed by atoms with van der Waals surface area (Å²) in [5, 5.41) is 4.75. The second-order valence-electron chi connectivity index (χ2n) is 8.30. The summed E-state index contributed by atoms with van der Waals surface area (Å²) in [5.74, 6) is -0.188. The van der Waals surface area contributed by atoms with Crippen molar-refractivity contribution in [2.45, 2.75) is 19.8 Å². The van der Waals surface area contributed by atoms with Crippen molar-refractivity contribution in [1.29, 1.82) is 0 Å². The number of piperidine rings is 1. The molecule has 0 saturated carbocycles. The van der Waals surface area contributed by atoms with Crippen molar-refractivity contribution in [2.24, 2.45) is 5.92 Å². The van der Waals surface area contributed by atoms with Crippen LogP contribution in [0.2, 0.25) is 0 Å². The molecule has 4 aromatic rings. The van der Waals surface area contributed by atoms with Crippen molar-refractivity contribution < 1.29 is 9.18 Å². The van der Waals surface area contributed by atoms with Gasteiger partial charge in [0.05, 0.1) is 17.1 Å². The number of thiophene rings is 1. The molecule has 2 aromatic heterocycles. The quantitative estimate of drug-likeness (QED) is 0.475. The molecule has 1 saturated heterocycles. The summed E-state index contributed by atoms with van der Waals surface area (Å²) < 4.78 is 15.4. The monoisotopic (exact) mass is 462 g/mol. The first-order valence-electron chi connectivity index (χ1n) is 10.9. The van der Waals surface area contributed by atoms with Gasteiger partial charge in [0.2, 0.25) is 11.9 Å². The number of amides is 1. The van der Waals surface area contributed by atoms with E-state index in [1.165, 1.54) is 23.5 Å². The zero-order chi connectivity index (χ0) is 22.9. The van der Waals surface area contributed by atoms with E-state index in [-0.39, 0.29) is 23.2 Å². The van der Waals surface area contributed by atoms with E-state index < -0.39 is 0 Å². The number of hydrogen-bond acceptors (Lipinski definition) is 5. The lowest BCUT2D eigenvalue weighted by atomic mass is 9.97. The number of fused-ring (bicyclic) bond motifs is 1. The van der Waals surface area contributed by atoms with E-state index in [1.54, 1.807) is 16.7 Å². The predicted octanol–water partition coefficient (Wildman–Crippen LogP) is 4.75. The number of aryl methyl sites for hydroxylation is 1. The Kier molecular flexibility index (Phi) is 5.68. The molecular weight excluding hydrogens is 439 g/mol. The van der Waals surface area contributed by atoms with Crippen LogP contribution in [0.15, 0.2) is 64.8 Å². The predicted molar refractivity (Wildman–Crippen MR) is 130 cm³/mol. The van der Waals surface area contributed by atoms with Gasteiger partial charge in [0.15, 0.2) is 0 Å². The van der Waals surface area contributed by atoms with Gasteiger partial charge in [-0.05, 0) is 67.6 Å². The zero-order valence-electron chi connectivity index (χ0n) is 18.1. The third kappa shape index (κ3) is 4.26. The normalized spacial score (nSPS) is 16.2. The molecular formula is C25H23FN4O2S. The maximum absolute atomic E-state index is 13.4. The molecule has 1 atom stereocenters. The number of carbonyl (C=O) groups is 1. The highest BCUT2D eigenvalue weighted by atomic mass is 32.1. The van der Waals surface area contributed by atoms with E-state index in [0.29, 0.717) is 34.9 Å². The Morgan fingerprint density at radius 3 is 2.64 bits per heavy atom. The fourth-order valence-electron chi connectivity index (χ4n) is 4.19. The molecule has 2 aromatic carbocycles. The van der Waals surface area contributed by atoms with Gasteiger partial charge < -0.3 is 10.2 Å². The van der Waals surface area contributed by atoms with Gasteiger partial charge in [-0.15, -0.1) is 11.3 Å². The molecule has 0 unspecified atom stereocenters. The number of rotatable bonds is 4. The van der Waals surface area contributed by atoms with Crippen LogP contribution in [0.5, 0.6) is 0 Å². The van der Waals surface area contributed by atoms with Crippen LogP contribution in [0.1, 0.15) is 18.4 Å². The highest BCUT2D eigenvalue weighted by molar-refractivity contribution is 7.17. The first-order chi connectivity index (χ1) is 16.0. The molecule has 33 heavy (non-hydrogen) atoms. The van der Waals surface area contributed by atoms with Crippen LogP contribution in [-0.4, -0.2) is 28.5 Å². The number of carbonyl (C=O) groups excluding carboxylic acids is 1. The van der Waals surface area contributed by atoms with Crippen LogP contribution in [0, 0.1) is 18.7 Å². The van der Waals surface area contributed by atoms with Crippen molar-refractivity contribution in [3.8, 4) is 5.69 Å². The number of benzene rings is 2. The Morgan fingerprint density at radius 2 is 1.88 bits per heavy atom. The first-order valence-corrected chi connectivity index (χ1v) is 11.8. The lowest BCUT2D eigenvalue weighted by molar-refractivity contribution is -0.120. The number of hydrogen-bond donors (Lipinski definition) is 1. The van der Waals surface area contributed by atoms with Crippen LogP contribution in [0.25, 0.3) is 15.9 Å². The fraction of sp³-hybridized carbons (Fsp3) is 0.240. The molecule has 1 aliphatic rings. The molecule has 6 nitrogen and oxygen atoms in total. The molecule has 5 rings (SSSR count). The fourth-order valence-corrected chi connectivity index (χ4v) is 4.95. The number of nitrogens with zero attached hydrogens (tertiary/aromatic N) is 3.